The summed E-state index contributed by atoms with van der Waals surface area (Å²) in [6, 6.07) is 3.61. The Morgan fingerprint density at radius 3 is 2.71 bits per heavy atom. The number of halogens is 1. The molecule has 0 unspecified atom stereocenters. The second kappa shape index (κ2) is 6.32. The van der Waals surface area contributed by atoms with Crippen LogP contribution < -0.4 is 5.32 Å². The van der Waals surface area contributed by atoms with Crippen molar-refractivity contribution in [3.05, 3.63) is 20.8 Å². The average molecular weight is 317 g/mol. The zero-order chi connectivity index (χ0) is 12.3. The zero-order valence-corrected chi connectivity index (χ0v) is 13.0. The van der Waals surface area contributed by atoms with Crippen LogP contribution in [0, 0.1) is 0 Å². The van der Waals surface area contributed by atoms with Crippen LogP contribution >= 0.6 is 27.3 Å². The van der Waals surface area contributed by atoms with Gasteiger partial charge in [-0.3, -0.25) is 0 Å². The molecule has 2 heterocycles. The van der Waals surface area contributed by atoms with E-state index in [1.807, 2.05) is 11.3 Å². The second-order valence-electron chi connectivity index (χ2n) is 5.02. The van der Waals surface area contributed by atoms with Gasteiger partial charge in [-0.15, -0.1) is 11.3 Å². The smallest absolute Gasteiger partial charge is 0.0302 e. The number of likely N-dealkylation sites (tertiary alicyclic amines) is 1. The van der Waals surface area contributed by atoms with Gasteiger partial charge in [0.2, 0.25) is 0 Å². The van der Waals surface area contributed by atoms with Gasteiger partial charge in [0, 0.05) is 33.4 Å². The van der Waals surface area contributed by atoms with Crippen molar-refractivity contribution in [1.82, 2.24) is 10.2 Å². The number of piperidine rings is 1. The highest BCUT2D eigenvalue weighted by molar-refractivity contribution is 9.10. The van der Waals surface area contributed by atoms with Crippen LogP contribution in [0.25, 0.3) is 0 Å². The van der Waals surface area contributed by atoms with Crippen molar-refractivity contribution < 1.29 is 0 Å². The Kier molecular flexibility index (Phi) is 5.03. The minimum atomic E-state index is 0.698. The van der Waals surface area contributed by atoms with Gasteiger partial charge in [-0.2, -0.15) is 0 Å². The van der Waals surface area contributed by atoms with E-state index in [-0.39, 0.29) is 0 Å². The number of thiophene rings is 1. The summed E-state index contributed by atoms with van der Waals surface area (Å²) in [6.07, 6.45) is 2.56. The minimum Gasteiger partial charge on any atom is -0.309 e. The largest absolute Gasteiger partial charge is 0.309 e. The maximum absolute atomic E-state index is 3.67. The molecular formula is C13H21BrN2S. The van der Waals surface area contributed by atoms with Crippen molar-refractivity contribution in [3.63, 3.8) is 0 Å². The van der Waals surface area contributed by atoms with Crippen molar-refractivity contribution in [2.24, 2.45) is 0 Å². The molecule has 0 radical (unpaired) electrons. The summed E-state index contributed by atoms with van der Waals surface area (Å²) in [6.45, 7) is 8.07. The van der Waals surface area contributed by atoms with Crippen molar-refractivity contribution in [2.45, 2.75) is 45.3 Å². The van der Waals surface area contributed by atoms with Gasteiger partial charge in [0.25, 0.3) is 0 Å². The number of nitrogens with zero attached hydrogens (tertiary/aromatic N) is 1. The molecule has 0 aromatic carbocycles. The van der Waals surface area contributed by atoms with Crippen molar-refractivity contribution in [3.8, 4) is 0 Å². The third-order valence-corrected chi connectivity index (χ3v) is 5.14. The van der Waals surface area contributed by atoms with Crippen LogP contribution in [0.15, 0.2) is 15.9 Å². The Balaban J connectivity index is 1.71. The Morgan fingerprint density at radius 1 is 1.47 bits per heavy atom. The van der Waals surface area contributed by atoms with E-state index >= 15 is 0 Å². The van der Waals surface area contributed by atoms with Gasteiger partial charge in [-0.25, -0.2) is 0 Å². The van der Waals surface area contributed by atoms with Gasteiger partial charge < -0.3 is 10.2 Å². The Bertz CT molecular complexity index is 343. The molecule has 1 N–H and O–H groups in total. The highest BCUT2D eigenvalue weighted by Gasteiger charge is 2.20. The molecule has 1 aromatic heterocycles. The van der Waals surface area contributed by atoms with E-state index in [1.165, 1.54) is 35.3 Å². The number of hydrogen-bond acceptors (Lipinski definition) is 3. The van der Waals surface area contributed by atoms with Crippen LogP contribution in [0.3, 0.4) is 0 Å². The summed E-state index contributed by atoms with van der Waals surface area (Å²) in [7, 11) is 0. The van der Waals surface area contributed by atoms with Crippen LogP contribution in [0.2, 0.25) is 0 Å². The predicted molar refractivity (Wildman–Crippen MR) is 78.6 cm³/mol. The molecular weight excluding hydrogens is 296 g/mol. The van der Waals surface area contributed by atoms with Crippen molar-refractivity contribution in [2.75, 3.05) is 13.1 Å². The summed E-state index contributed by atoms with van der Waals surface area (Å²) in [5, 5.41) is 5.82. The molecule has 1 aliphatic heterocycles. The van der Waals surface area contributed by atoms with Crippen molar-refractivity contribution in [1.29, 1.82) is 0 Å². The van der Waals surface area contributed by atoms with Gasteiger partial charge in [0.15, 0.2) is 0 Å². The Morgan fingerprint density at radius 2 is 2.18 bits per heavy atom. The monoisotopic (exact) mass is 316 g/mol. The zero-order valence-electron chi connectivity index (χ0n) is 10.6. The topological polar surface area (TPSA) is 15.3 Å². The molecule has 4 heteroatoms. The van der Waals surface area contributed by atoms with Crippen LogP contribution in [0.4, 0.5) is 0 Å². The van der Waals surface area contributed by atoms with Gasteiger partial charge in [0.05, 0.1) is 0 Å². The molecule has 2 rings (SSSR count). The lowest BCUT2D eigenvalue weighted by Gasteiger charge is -2.34. The van der Waals surface area contributed by atoms with E-state index in [0.717, 1.165) is 6.54 Å². The highest BCUT2D eigenvalue weighted by atomic mass is 79.9. The lowest BCUT2D eigenvalue weighted by Crippen LogP contribution is -2.44. The lowest BCUT2D eigenvalue weighted by molar-refractivity contribution is 0.161. The SMILES string of the molecule is CC(C)N1CCC(NCc2cc(Br)cs2)CC1. The number of rotatable bonds is 4. The number of hydrogen-bond donors (Lipinski definition) is 1. The molecule has 0 spiro atoms. The van der Waals surface area contributed by atoms with E-state index in [4.69, 9.17) is 0 Å². The average Bonchev–Trinajstić information content (AvgIpc) is 2.73. The van der Waals surface area contributed by atoms with E-state index in [1.54, 1.807) is 0 Å². The van der Waals surface area contributed by atoms with Crippen LogP contribution in [-0.2, 0) is 6.54 Å². The highest BCUT2D eigenvalue weighted by Crippen LogP contribution is 2.20. The molecule has 1 fully saturated rings. The van der Waals surface area contributed by atoms with E-state index in [9.17, 15) is 0 Å². The van der Waals surface area contributed by atoms with Crippen LogP contribution in [0.5, 0.6) is 0 Å². The fraction of sp³-hybridized carbons (Fsp3) is 0.692. The molecule has 2 nitrogen and oxygen atoms in total. The minimum absolute atomic E-state index is 0.698. The molecule has 17 heavy (non-hydrogen) atoms. The molecule has 0 saturated carbocycles. The van der Waals surface area contributed by atoms with Gasteiger partial charge in [0.1, 0.15) is 0 Å². The van der Waals surface area contributed by atoms with Gasteiger partial charge >= 0.3 is 0 Å². The first-order valence-corrected chi connectivity index (χ1v) is 8.03. The Labute approximate surface area is 117 Å². The molecule has 1 aromatic rings. The molecule has 0 amide bonds. The molecule has 1 aliphatic rings. The summed E-state index contributed by atoms with van der Waals surface area (Å²) in [5.74, 6) is 0. The fourth-order valence-electron chi connectivity index (χ4n) is 2.31. The maximum Gasteiger partial charge on any atom is 0.0302 e. The summed E-state index contributed by atoms with van der Waals surface area (Å²) in [5.41, 5.74) is 0. The molecule has 0 bridgehead atoms. The summed E-state index contributed by atoms with van der Waals surface area (Å²) >= 11 is 5.32. The van der Waals surface area contributed by atoms with Crippen LogP contribution in [0.1, 0.15) is 31.6 Å². The quantitative estimate of drug-likeness (QED) is 0.915. The molecule has 96 valence electrons. The third kappa shape index (κ3) is 4.05. The van der Waals surface area contributed by atoms with E-state index in [0.29, 0.717) is 12.1 Å². The number of nitrogens with one attached hydrogen (secondary N) is 1. The lowest BCUT2D eigenvalue weighted by atomic mass is 10.0. The van der Waals surface area contributed by atoms with Crippen LogP contribution in [-0.4, -0.2) is 30.1 Å². The standard InChI is InChI=1S/C13H21BrN2S/c1-10(2)16-5-3-12(4-6-16)15-8-13-7-11(14)9-17-13/h7,9-10,12,15H,3-6,8H2,1-2H3. The first-order valence-electron chi connectivity index (χ1n) is 6.35. The first kappa shape index (κ1) is 13.5. The predicted octanol–water partition coefficient (Wildman–Crippen LogP) is 3.47. The summed E-state index contributed by atoms with van der Waals surface area (Å²) < 4.78 is 1.20. The first-order chi connectivity index (χ1) is 8.15. The normalized spacial score (nSPS) is 19.1. The molecule has 0 aliphatic carbocycles. The Hall–Kier alpha value is 0.1000. The van der Waals surface area contributed by atoms with Crippen molar-refractivity contribution >= 4 is 27.3 Å². The summed E-state index contributed by atoms with van der Waals surface area (Å²) in [4.78, 5) is 3.99. The molecule has 1 saturated heterocycles. The van der Waals surface area contributed by atoms with Gasteiger partial charge in [-0.05, 0) is 61.8 Å². The fourth-order valence-corrected chi connectivity index (χ4v) is 3.71. The molecule has 0 atom stereocenters. The van der Waals surface area contributed by atoms with E-state index in [2.05, 4.69) is 51.4 Å². The third-order valence-electron chi connectivity index (χ3n) is 3.45. The van der Waals surface area contributed by atoms with E-state index < -0.39 is 0 Å². The second-order valence-corrected chi connectivity index (χ2v) is 6.93. The maximum atomic E-state index is 3.67. The van der Waals surface area contributed by atoms with Gasteiger partial charge in [-0.1, -0.05) is 0 Å².